The molecule has 0 saturated carbocycles. The van der Waals surface area contributed by atoms with Gasteiger partial charge in [0.1, 0.15) is 0 Å². The van der Waals surface area contributed by atoms with Crippen molar-refractivity contribution in [3.63, 3.8) is 0 Å². The first-order valence-corrected chi connectivity index (χ1v) is 10.8. The zero-order chi connectivity index (χ0) is 20.2. The van der Waals surface area contributed by atoms with Crippen LogP contribution in [-0.4, -0.2) is 42.7 Å². The van der Waals surface area contributed by atoms with E-state index in [1.54, 1.807) is 12.4 Å². The topological polar surface area (TPSA) is 91.8 Å². The summed E-state index contributed by atoms with van der Waals surface area (Å²) in [5.74, 6) is 2.39. The maximum Gasteiger partial charge on any atom is 0.247 e. The SMILES string of the molecule is c1ccc(-c2nnc(CSc3nnc(-c4ccncc4)n3CC3CCCO3)o2)cc1. The highest BCUT2D eigenvalue weighted by Crippen LogP contribution is 2.28. The summed E-state index contributed by atoms with van der Waals surface area (Å²) in [6, 6.07) is 13.6. The van der Waals surface area contributed by atoms with E-state index in [0.717, 1.165) is 41.6 Å². The quantitative estimate of drug-likeness (QED) is 0.416. The van der Waals surface area contributed by atoms with Gasteiger partial charge in [-0.3, -0.25) is 9.55 Å². The van der Waals surface area contributed by atoms with Gasteiger partial charge < -0.3 is 9.15 Å². The number of hydrogen-bond acceptors (Lipinski definition) is 8. The van der Waals surface area contributed by atoms with E-state index in [4.69, 9.17) is 9.15 Å². The van der Waals surface area contributed by atoms with Crippen molar-refractivity contribution in [1.29, 1.82) is 0 Å². The molecule has 1 aliphatic rings. The molecule has 3 aromatic heterocycles. The van der Waals surface area contributed by atoms with Gasteiger partial charge in [-0.1, -0.05) is 30.0 Å². The third-order valence-electron chi connectivity index (χ3n) is 4.88. The summed E-state index contributed by atoms with van der Waals surface area (Å²) in [6.45, 7) is 1.52. The van der Waals surface area contributed by atoms with E-state index in [1.807, 2.05) is 42.5 Å². The Kier molecular flexibility index (Phi) is 5.54. The van der Waals surface area contributed by atoms with Crippen LogP contribution in [0.25, 0.3) is 22.8 Å². The van der Waals surface area contributed by atoms with Crippen LogP contribution in [0.2, 0.25) is 0 Å². The van der Waals surface area contributed by atoms with Crippen LogP contribution in [0.5, 0.6) is 0 Å². The van der Waals surface area contributed by atoms with Gasteiger partial charge in [0, 0.05) is 30.1 Å². The molecular weight excluding hydrogens is 400 g/mol. The molecule has 9 heteroatoms. The molecule has 1 aromatic carbocycles. The Morgan fingerprint density at radius 1 is 0.967 bits per heavy atom. The first-order chi connectivity index (χ1) is 14.9. The van der Waals surface area contributed by atoms with E-state index in [2.05, 4.69) is 29.9 Å². The zero-order valence-electron chi connectivity index (χ0n) is 16.2. The second kappa shape index (κ2) is 8.76. The normalized spacial score (nSPS) is 16.2. The van der Waals surface area contributed by atoms with E-state index in [0.29, 0.717) is 24.1 Å². The summed E-state index contributed by atoms with van der Waals surface area (Å²) >= 11 is 1.53. The third kappa shape index (κ3) is 4.12. The minimum Gasteiger partial charge on any atom is -0.420 e. The van der Waals surface area contributed by atoms with Crippen molar-refractivity contribution in [3.05, 3.63) is 60.7 Å². The van der Waals surface area contributed by atoms with Crippen molar-refractivity contribution in [2.45, 2.75) is 36.4 Å². The second-order valence-electron chi connectivity index (χ2n) is 6.94. The predicted octanol–water partition coefficient (Wildman–Crippen LogP) is 3.86. The highest BCUT2D eigenvalue weighted by Gasteiger charge is 2.22. The number of aromatic nitrogens is 6. The van der Waals surface area contributed by atoms with Crippen LogP contribution in [0.15, 0.2) is 64.4 Å². The molecule has 0 bridgehead atoms. The van der Waals surface area contributed by atoms with Gasteiger partial charge in [0.2, 0.25) is 11.8 Å². The van der Waals surface area contributed by atoms with E-state index >= 15 is 0 Å². The fourth-order valence-corrected chi connectivity index (χ4v) is 4.19. The zero-order valence-corrected chi connectivity index (χ0v) is 17.0. The average molecular weight is 420 g/mol. The minimum absolute atomic E-state index is 0.175. The van der Waals surface area contributed by atoms with E-state index in [1.165, 1.54) is 11.8 Å². The molecule has 0 aliphatic carbocycles. The second-order valence-corrected chi connectivity index (χ2v) is 7.89. The van der Waals surface area contributed by atoms with Gasteiger partial charge in [0.15, 0.2) is 11.0 Å². The Hall–Kier alpha value is -3.04. The number of pyridine rings is 1. The van der Waals surface area contributed by atoms with Crippen LogP contribution in [0, 0.1) is 0 Å². The molecule has 0 N–H and O–H groups in total. The Bertz CT molecular complexity index is 1090. The molecule has 0 spiro atoms. The van der Waals surface area contributed by atoms with Gasteiger partial charge in [-0.15, -0.1) is 20.4 Å². The predicted molar refractivity (Wildman–Crippen MR) is 112 cm³/mol. The Labute approximate surface area is 177 Å². The highest BCUT2D eigenvalue weighted by atomic mass is 32.2. The standard InChI is InChI=1S/C21H20N6O2S/c1-2-5-16(6-3-1)20-25-23-18(29-20)14-30-21-26-24-19(15-8-10-22-11-9-15)27(21)13-17-7-4-12-28-17/h1-3,5-6,8-11,17H,4,7,12-14H2. The smallest absolute Gasteiger partial charge is 0.247 e. The molecule has 5 rings (SSSR count). The lowest BCUT2D eigenvalue weighted by molar-refractivity contribution is 0.0953. The van der Waals surface area contributed by atoms with Gasteiger partial charge in [-0.05, 0) is 37.1 Å². The number of benzene rings is 1. The minimum atomic E-state index is 0.175. The van der Waals surface area contributed by atoms with Crippen molar-refractivity contribution in [2.24, 2.45) is 0 Å². The fraction of sp³-hybridized carbons (Fsp3) is 0.286. The van der Waals surface area contributed by atoms with E-state index < -0.39 is 0 Å². The molecular formula is C21H20N6O2S. The van der Waals surface area contributed by atoms with E-state index in [-0.39, 0.29) is 6.10 Å². The van der Waals surface area contributed by atoms with Crippen LogP contribution in [-0.2, 0) is 17.0 Å². The van der Waals surface area contributed by atoms with Crippen molar-refractivity contribution < 1.29 is 9.15 Å². The summed E-state index contributed by atoms with van der Waals surface area (Å²) in [4.78, 5) is 4.10. The molecule has 30 heavy (non-hydrogen) atoms. The first kappa shape index (κ1) is 19.0. The maximum absolute atomic E-state index is 5.85. The van der Waals surface area contributed by atoms with Crippen LogP contribution < -0.4 is 0 Å². The molecule has 0 amide bonds. The Balaban J connectivity index is 1.36. The number of thioether (sulfide) groups is 1. The first-order valence-electron chi connectivity index (χ1n) is 9.82. The summed E-state index contributed by atoms with van der Waals surface area (Å²) in [5.41, 5.74) is 1.88. The molecule has 1 unspecified atom stereocenters. The Morgan fingerprint density at radius 3 is 2.63 bits per heavy atom. The van der Waals surface area contributed by atoms with Crippen LogP contribution in [0.3, 0.4) is 0 Å². The molecule has 1 saturated heterocycles. The highest BCUT2D eigenvalue weighted by molar-refractivity contribution is 7.98. The molecule has 1 atom stereocenters. The number of rotatable bonds is 7. The Morgan fingerprint density at radius 2 is 1.83 bits per heavy atom. The molecule has 152 valence electrons. The number of hydrogen-bond donors (Lipinski definition) is 0. The van der Waals surface area contributed by atoms with Gasteiger partial charge in [0.25, 0.3) is 0 Å². The van der Waals surface area contributed by atoms with Crippen molar-refractivity contribution in [1.82, 2.24) is 29.9 Å². The molecule has 8 nitrogen and oxygen atoms in total. The maximum atomic E-state index is 5.85. The van der Waals surface area contributed by atoms with Crippen LogP contribution in [0.1, 0.15) is 18.7 Å². The monoisotopic (exact) mass is 420 g/mol. The summed E-state index contributed by atoms with van der Waals surface area (Å²) in [6.07, 6.45) is 5.83. The lowest BCUT2D eigenvalue weighted by Crippen LogP contribution is -2.16. The van der Waals surface area contributed by atoms with Gasteiger partial charge in [0.05, 0.1) is 18.4 Å². The summed E-state index contributed by atoms with van der Waals surface area (Å²) in [7, 11) is 0. The van der Waals surface area contributed by atoms with Crippen molar-refractivity contribution >= 4 is 11.8 Å². The molecule has 1 fully saturated rings. The number of nitrogens with zero attached hydrogens (tertiary/aromatic N) is 6. The van der Waals surface area contributed by atoms with E-state index in [9.17, 15) is 0 Å². The van der Waals surface area contributed by atoms with Crippen molar-refractivity contribution in [3.8, 4) is 22.8 Å². The largest absolute Gasteiger partial charge is 0.420 e. The molecule has 4 heterocycles. The van der Waals surface area contributed by atoms with Crippen molar-refractivity contribution in [2.75, 3.05) is 6.61 Å². The molecule has 4 aromatic rings. The summed E-state index contributed by atoms with van der Waals surface area (Å²) < 4.78 is 13.8. The fourth-order valence-electron chi connectivity index (χ4n) is 3.40. The number of ether oxygens (including phenoxy) is 1. The van der Waals surface area contributed by atoms with Crippen LogP contribution >= 0.6 is 11.8 Å². The lowest BCUT2D eigenvalue weighted by Gasteiger charge is -2.14. The van der Waals surface area contributed by atoms with Crippen LogP contribution in [0.4, 0.5) is 0 Å². The van der Waals surface area contributed by atoms with Gasteiger partial charge in [-0.25, -0.2) is 0 Å². The van der Waals surface area contributed by atoms with Gasteiger partial charge in [-0.2, -0.15) is 0 Å². The molecule has 0 radical (unpaired) electrons. The lowest BCUT2D eigenvalue weighted by atomic mass is 10.2. The average Bonchev–Trinajstić information content (AvgIpc) is 3.56. The molecule has 1 aliphatic heterocycles. The third-order valence-corrected chi connectivity index (χ3v) is 5.83. The van der Waals surface area contributed by atoms with Gasteiger partial charge >= 0.3 is 0 Å². The summed E-state index contributed by atoms with van der Waals surface area (Å²) in [5, 5.41) is 18.0.